The van der Waals surface area contributed by atoms with E-state index in [1.807, 2.05) is 45.0 Å². The van der Waals surface area contributed by atoms with Crippen molar-refractivity contribution in [1.29, 1.82) is 0 Å². The third kappa shape index (κ3) is 7.08. The molecule has 36 heavy (non-hydrogen) atoms. The van der Waals surface area contributed by atoms with E-state index in [4.69, 9.17) is 14.6 Å². The number of rotatable bonds is 10. The number of carboxylic acid groups (broad SMARTS) is 1. The summed E-state index contributed by atoms with van der Waals surface area (Å²) in [5, 5.41) is 20.5. The fourth-order valence-electron chi connectivity index (χ4n) is 3.79. The van der Waals surface area contributed by atoms with E-state index in [9.17, 15) is 14.3 Å². The highest BCUT2D eigenvalue weighted by molar-refractivity contribution is 9.11. The van der Waals surface area contributed by atoms with Gasteiger partial charge >= 0.3 is 5.97 Å². The minimum atomic E-state index is -1.15. The van der Waals surface area contributed by atoms with Crippen LogP contribution >= 0.6 is 31.9 Å². The molecule has 8 heteroatoms. The molecule has 2 unspecified atom stereocenters. The van der Waals surface area contributed by atoms with Crippen LogP contribution < -0.4 is 9.47 Å². The van der Waals surface area contributed by atoms with Crippen molar-refractivity contribution in [2.45, 2.75) is 52.3 Å². The number of benzene rings is 3. The van der Waals surface area contributed by atoms with Crippen LogP contribution in [-0.4, -0.2) is 29.0 Å². The molecule has 0 aliphatic rings. The van der Waals surface area contributed by atoms with E-state index < -0.39 is 18.2 Å². The molecular weight excluding hydrogens is 595 g/mol. The molecule has 0 bridgehead atoms. The van der Waals surface area contributed by atoms with E-state index >= 15 is 0 Å². The molecule has 3 aromatic rings. The number of hydrogen-bond acceptors (Lipinski definition) is 4. The van der Waals surface area contributed by atoms with Crippen LogP contribution in [0.15, 0.2) is 57.5 Å². The van der Waals surface area contributed by atoms with Gasteiger partial charge in [0.1, 0.15) is 30.4 Å². The molecule has 0 heterocycles. The molecule has 5 nitrogen and oxygen atoms in total. The number of aliphatic hydroxyl groups is 1. The van der Waals surface area contributed by atoms with E-state index in [0.717, 1.165) is 11.1 Å². The molecule has 0 aromatic heterocycles. The molecule has 0 amide bonds. The quantitative estimate of drug-likeness (QED) is 0.240. The summed E-state index contributed by atoms with van der Waals surface area (Å²) in [4.78, 5) is 11.1. The SMILES string of the molecule is Cc1cccc(C(O)c2cc(OCC(C)F)c(C(C)C)cc2Oc2c(Br)cc(CC(=O)O)cc2Br)c1. The molecule has 0 fully saturated rings. The van der Waals surface area contributed by atoms with Gasteiger partial charge in [0.2, 0.25) is 0 Å². The lowest BCUT2D eigenvalue weighted by Gasteiger charge is -2.23. The van der Waals surface area contributed by atoms with Crippen molar-refractivity contribution in [1.82, 2.24) is 0 Å². The Labute approximate surface area is 227 Å². The van der Waals surface area contributed by atoms with Crippen molar-refractivity contribution in [3.63, 3.8) is 0 Å². The van der Waals surface area contributed by atoms with Gasteiger partial charge in [-0.1, -0.05) is 43.7 Å². The predicted molar refractivity (Wildman–Crippen MR) is 145 cm³/mol. The van der Waals surface area contributed by atoms with E-state index in [-0.39, 0.29) is 18.9 Å². The van der Waals surface area contributed by atoms with Gasteiger partial charge in [0, 0.05) is 11.1 Å². The number of carboxylic acids is 1. The van der Waals surface area contributed by atoms with Gasteiger partial charge in [0.05, 0.1) is 15.4 Å². The Hall–Kier alpha value is -2.42. The third-order valence-corrected chi connectivity index (χ3v) is 6.69. The highest BCUT2D eigenvalue weighted by Gasteiger charge is 2.23. The minimum absolute atomic E-state index is 0.0345. The van der Waals surface area contributed by atoms with Gasteiger partial charge in [-0.05, 0) is 87.0 Å². The minimum Gasteiger partial charge on any atom is -0.490 e. The van der Waals surface area contributed by atoms with Gasteiger partial charge in [-0.3, -0.25) is 4.79 Å². The van der Waals surface area contributed by atoms with Crippen molar-refractivity contribution in [2.24, 2.45) is 0 Å². The number of carbonyl (C=O) groups is 1. The van der Waals surface area contributed by atoms with E-state index in [1.165, 1.54) is 6.92 Å². The summed E-state index contributed by atoms with van der Waals surface area (Å²) in [6.45, 7) is 7.25. The van der Waals surface area contributed by atoms with Gasteiger partial charge < -0.3 is 19.7 Å². The maximum atomic E-state index is 13.6. The van der Waals surface area contributed by atoms with Gasteiger partial charge in [-0.2, -0.15) is 0 Å². The fourth-order valence-corrected chi connectivity index (χ4v) is 5.23. The Balaban J connectivity index is 2.15. The fraction of sp³-hybridized carbons (Fsp3) is 0.321. The summed E-state index contributed by atoms with van der Waals surface area (Å²) in [5.41, 5.74) is 3.54. The molecule has 2 atom stereocenters. The van der Waals surface area contributed by atoms with Crippen LogP contribution in [0.25, 0.3) is 0 Å². The van der Waals surface area contributed by atoms with E-state index in [2.05, 4.69) is 31.9 Å². The number of ether oxygens (including phenoxy) is 2. The number of hydrogen-bond donors (Lipinski definition) is 2. The Morgan fingerprint density at radius 1 is 1.00 bits per heavy atom. The van der Waals surface area contributed by atoms with Crippen molar-refractivity contribution in [3.8, 4) is 17.2 Å². The van der Waals surface area contributed by atoms with Crippen LogP contribution in [0.3, 0.4) is 0 Å². The molecule has 3 rings (SSSR count). The summed E-state index contributed by atoms with van der Waals surface area (Å²) in [6, 6.07) is 14.4. The molecule has 2 N–H and O–H groups in total. The van der Waals surface area contributed by atoms with Gasteiger partial charge in [0.25, 0.3) is 0 Å². The maximum Gasteiger partial charge on any atom is 0.307 e. The Morgan fingerprint density at radius 2 is 1.64 bits per heavy atom. The number of alkyl halides is 1. The van der Waals surface area contributed by atoms with Gasteiger partial charge in [-0.25, -0.2) is 4.39 Å². The van der Waals surface area contributed by atoms with Crippen molar-refractivity contribution in [2.75, 3.05) is 6.61 Å². The first-order chi connectivity index (χ1) is 17.0. The van der Waals surface area contributed by atoms with Crippen LogP contribution in [0, 0.1) is 6.92 Å². The predicted octanol–water partition coefficient (Wildman–Crippen LogP) is 7.88. The lowest BCUT2D eigenvalue weighted by molar-refractivity contribution is -0.136. The largest absolute Gasteiger partial charge is 0.490 e. The zero-order valence-corrected chi connectivity index (χ0v) is 23.7. The maximum absolute atomic E-state index is 13.6. The van der Waals surface area contributed by atoms with Crippen molar-refractivity contribution in [3.05, 3.63) is 85.3 Å². The van der Waals surface area contributed by atoms with Crippen molar-refractivity contribution >= 4 is 37.8 Å². The first-order valence-electron chi connectivity index (χ1n) is 11.5. The standard InChI is InChI=1S/C28H29Br2FO5/c1-15(2)20-12-25(36-28-22(29)9-18(10-23(28)30)11-26(32)33)21(13-24(20)35-14-17(4)31)27(34)19-7-5-6-16(3)8-19/h5-10,12-13,15,17,27,34H,11,14H2,1-4H3,(H,32,33). The van der Waals surface area contributed by atoms with E-state index in [0.29, 0.717) is 42.9 Å². The average Bonchev–Trinajstić information content (AvgIpc) is 2.79. The zero-order chi connectivity index (χ0) is 26.6. The normalized spacial score (nSPS) is 12.9. The Bertz CT molecular complexity index is 1220. The molecule has 0 saturated heterocycles. The van der Waals surface area contributed by atoms with Crippen LogP contribution in [0.4, 0.5) is 4.39 Å². The van der Waals surface area contributed by atoms with Crippen LogP contribution in [0.5, 0.6) is 17.2 Å². The highest BCUT2D eigenvalue weighted by Crippen LogP contribution is 2.44. The Morgan fingerprint density at radius 3 is 2.19 bits per heavy atom. The number of aryl methyl sites for hydroxylation is 1. The lowest BCUT2D eigenvalue weighted by Crippen LogP contribution is -2.12. The molecule has 0 spiro atoms. The van der Waals surface area contributed by atoms with Crippen LogP contribution in [0.1, 0.15) is 60.6 Å². The molecule has 0 saturated carbocycles. The number of halogens is 3. The number of aliphatic carboxylic acids is 1. The third-order valence-electron chi connectivity index (χ3n) is 5.51. The average molecular weight is 624 g/mol. The smallest absolute Gasteiger partial charge is 0.307 e. The molecular formula is C28H29Br2FO5. The van der Waals surface area contributed by atoms with Crippen LogP contribution in [0.2, 0.25) is 0 Å². The van der Waals surface area contributed by atoms with Gasteiger partial charge in [0.15, 0.2) is 5.75 Å². The molecule has 0 aliphatic carbocycles. The second kappa shape index (κ2) is 12.2. The summed E-state index contributed by atoms with van der Waals surface area (Å²) >= 11 is 6.97. The molecule has 3 aromatic carbocycles. The first kappa shape index (κ1) is 28.2. The second-order valence-corrected chi connectivity index (χ2v) is 10.8. The van der Waals surface area contributed by atoms with E-state index in [1.54, 1.807) is 24.3 Å². The monoisotopic (exact) mass is 622 g/mol. The van der Waals surface area contributed by atoms with Crippen molar-refractivity contribution < 1.29 is 28.9 Å². The number of aliphatic hydroxyl groups excluding tert-OH is 1. The second-order valence-electron chi connectivity index (χ2n) is 9.05. The van der Waals surface area contributed by atoms with Gasteiger partial charge in [-0.15, -0.1) is 0 Å². The summed E-state index contributed by atoms with van der Waals surface area (Å²) < 4.78 is 26.9. The highest BCUT2D eigenvalue weighted by atomic mass is 79.9. The first-order valence-corrected chi connectivity index (χ1v) is 13.1. The molecule has 192 valence electrons. The van der Waals surface area contributed by atoms with Crippen LogP contribution in [-0.2, 0) is 11.2 Å². The summed E-state index contributed by atoms with van der Waals surface area (Å²) in [6.07, 6.45) is -2.32. The Kier molecular flexibility index (Phi) is 9.55. The zero-order valence-electron chi connectivity index (χ0n) is 20.5. The summed E-state index contributed by atoms with van der Waals surface area (Å²) in [7, 11) is 0. The molecule has 0 aliphatic heterocycles. The topological polar surface area (TPSA) is 76.0 Å². The lowest BCUT2D eigenvalue weighted by atomic mass is 9.94. The molecule has 0 radical (unpaired) electrons. The summed E-state index contributed by atoms with van der Waals surface area (Å²) in [5.74, 6) is 0.417.